The van der Waals surface area contributed by atoms with Gasteiger partial charge in [-0.25, -0.2) is 4.68 Å². The monoisotopic (exact) mass is 375 g/mol. The minimum Gasteiger partial charge on any atom is -0.461 e. The van der Waals surface area contributed by atoms with Crippen molar-refractivity contribution >= 4 is 29.0 Å². The first-order valence-corrected chi connectivity index (χ1v) is 9.64. The molecule has 0 spiro atoms. The Morgan fingerprint density at radius 1 is 1.44 bits per heavy atom. The molecule has 3 aromatic rings. The second kappa shape index (κ2) is 6.57. The Labute approximate surface area is 152 Å². The van der Waals surface area contributed by atoms with Gasteiger partial charge in [0.1, 0.15) is 0 Å². The molecule has 1 aliphatic heterocycles. The molecule has 1 unspecified atom stereocenters. The molecule has 4 rings (SSSR count). The highest BCUT2D eigenvalue weighted by atomic mass is 32.2. The number of amides is 1. The van der Waals surface area contributed by atoms with Gasteiger partial charge in [-0.3, -0.25) is 4.79 Å². The van der Waals surface area contributed by atoms with Gasteiger partial charge in [-0.2, -0.15) is 0 Å². The van der Waals surface area contributed by atoms with E-state index in [0.717, 1.165) is 13.0 Å². The van der Waals surface area contributed by atoms with Crippen LogP contribution in [-0.4, -0.2) is 37.5 Å². The van der Waals surface area contributed by atoms with Gasteiger partial charge in [0.25, 0.3) is 0 Å². The summed E-state index contributed by atoms with van der Waals surface area (Å²) in [6, 6.07) is 5.63. The number of nitrogen functional groups attached to an aromatic ring is 1. The summed E-state index contributed by atoms with van der Waals surface area (Å²) in [4.78, 5) is 16.1. The van der Waals surface area contributed by atoms with Crippen LogP contribution in [0.1, 0.15) is 17.4 Å². The smallest absolute Gasteiger partial charge is 0.236 e. The predicted molar refractivity (Wildman–Crippen MR) is 96.6 cm³/mol. The normalized spacial score (nSPS) is 15.2. The quantitative estimate of drug-likeness (QED) is 0.556. The number of fused-ring (bicyclic) bond motifs is 1. The summed E-state index contributed by atoms with van der Waals surface area (Å²) in [5.41, 5.74) is 1.25. The van der Waals surface area contributed by atoms with Crippen molar-refractivity contribution < 1.29 is 9.21 Å². The Bertz CT molecular complexity index is 886. The van der Waals surface area contributed by atoms with Gasteiger partial charge < -0.3 is 15.2 Å². The van der Waals surface area contributed by atoms with Crippen LogP contribution in [0.3, 0.4) is 0 Å². The third kappa shape index (κ3) is 3.05. The van der Waals surface area contributed by atoms with Gasteiger partial charge in [0.15, 0.2) is 5.76 Å². The lowest BCUT2D eigenvalue weighted by Gasteiger charge is -2.29. The Morgan fingerprint density at radius 3 is 3.12 bits per heavy atom. The molecular formula is C16H17N5O2S2. The molecule has 1 atom stereocenters. The van der Waals surface area contributed by atoms with Crippen LogP contribution in [0.4, 0.5) is 0 Å². The van der Waals surface area contributed by atoms with E-state index in [1.165, 1.54) is 26.9 Å². The fourth-order valence-corrected chi connectivity index (χ4v) is 4.58. The zero-order chi connectivity index (χ0) is 17.4. The standard InChI is InChI=1S/C16H17N5O2S2/c1-10(15(22)20-6-4-13-11(9-20)5-8-24-13)25-16-19-18-14(21(16)17)12-3-2-7-23-12/h2-3,5,7-8,10H,4,6,9,17H2,1H3. The molecule has 3 aromatic heterocycles. The molecule has 0 radical (unpaired) electrons. The molecule has 4 heterocycles. The van der Waals surface area contributed by atoms with Gasteiger partial charge in [0.05, 0.1) is 11.5 Å². The highest BCUT2D eigenvalue weighted by Crippen LogP contribution is 2.29. The average molecular weight is 375 g/mol. The summed E-state index contributed by atoms with van der Waals surface area (Å²) in [5.74, 6) is 7.13. The van der Waals surface area contributed by atoms with Crippen molar-refractivity contribution in [3.05, 3.63) is 40.3 Å². The summed E-state index contributed by atoms with van der Waals surface area (Å²) in [6.45, 7) is 3.30. The van der Waals surface area contributed by atoms with Gasteiger partial charge in [0.2, 0.25) is 16.9 Å². The summed E-state index contributed by atoms with van der Waals surface area (Å²) in [5, 5.41) is 10.4. The van der Waals surface area contributed by atoms with E-state index < -0.39 is 0 Å². The molecule has 0 aliphatic carbocycles. The lowest BCUT2D eigenvalue weighted by molar-refractivity contribution is -0.131. The number of nitrogens with two attached hydrogens (primary N) is 1. The topological polar surface area (TPSA) is 90.2 Å². The van der Waals surface area contributed by atoms with E-state index in [4.69, 9.17) is 10.3 Å². The maximum atomic E-state index is 12.8. The number of hydrogen-bond acceptors (Lipinski definition) is 7. The maximum absolute atomic E-state index is 12.8. The number of furan rings is 1. The van der Waals surface area contributed by atoms with Crippen LogP contribution in [0.2, 0.25) is 0 Å². The predicted octanol–water partition coefficient (Wildman–Crippen LogP) is 2.38. The van der Waals surface area contributed by atoms with Gasteiger partial charge in [0, 0.05) is 18.0 Å². The molecule has 0 fully saturated rings. The highest BCUT2D eigenvalue weighted by molar-refractivity contribution is 8.00. The molecule has 7 nitrogen and oxygen atoms in total. The van der Waals surface area contributed by atoms with Crippen molar-refractivity contribution in [3.63, 3.8) is 0 Å². The number of carbonyl (C=O) groups excluding carboxylic acids is 1. The summed E-state index contributed by atoms with van der Waals surface area (Å²) in [6.07, 6.45) is 2.48. The fraction of sp³-hybridized carbons (Fsp3) is 0.312. The zero-order valence-electron chi connectivity index (χ0n) is 13.6. The average Bonchev–Trinajstić information content (AvgIpc) is 3.35. The Hall–Kier alpha value is -2.26. The van der Waals surface area contributed by atoms with E-state index >= 15 is 0 Å². The van der Waals surface area contributed by atoms with E-state index in [-0.39, 0.29) is 11.2 Å². The second-order valence-corrected chi connectivity index (χ2v) is 8.10. The van der Waals surface area contributed by atoms with Crippen molar-refractivity contribution in [2.24, 2.45) is 0 Å². The first-order chi connectivity index (χ1) is 12.1. The molecular weight excluding hydrogens is 358 g/mol. The van der Waals surface area contributed by atoms with E-state index in [1.807, 2.05) is 11.8 Å². The van der Waals surface area contributed by atoms with Gasteiger partial charge in [-0.05, 0) is 42.5 Å². The van der Waals surface area contributed by atoms with Crippen LogP contribution in [0.5, 0.6) is 0 Å². The number of aromatic nitrogens is 3. The minimum absolute atomic E-state index is 0.0874. The number of rotatable bonds is 4. The SMILES string of the molecule is CC(Sc1nnc(-c2ccco2)n1N)C(=O)N1CCc2sccc2C1. The van der Waals surface area contributed by atoms with E-state index in [0.29, 0.717) is 23.3 Å². The van der Waals surface area contributed by atoms with E-state index in [1.54, 1.807) is 29.7 Å². The van der Waals surface area contributed by atoms with Crippen molar-refractivity contribution in [2.75, 3.05) is 12.4 Å². The molecule has 1 aliphatic rings. The number of nitrogens with zero attached hydrogens (tertiary/aromatic N) is 4. The van der Waals surface area contributed by atoms with Crippen LogP contribution < -0.4 is 5.84 Å². The number of hydrogen-bond donors (Lipinski definition) is 1. The van der Waals surface area contributed by atoms with Gasteiger partial charge in [-0.15, -0.1) is 21.5 Å². The van der Waals surface area contributed by atoms with Gasteiger partial charge >= 0.3 is 0 Å². The zero-order valence-corrected chi connectivity index (χ0v) is 15.2. The van der Waals surface area contributed by atoms with E-state index in [9.17, 15) is 4.79 Å². The largest absolute Gasteiger partial charge is 0.461 e. The third-order valence-corrected chi connectivity index (χ3v) is 6.22. The number of thioether (sulfide) groups is 1. The second-order valence-electron chi connectivity index (χ2n) is 5.79. The molecule has 0 aromatic carbocycles. The first kappa shape index (κ1) is 16.2. The summed E-state index contributed by atoms with van der Waals surface area (Å²) in [7, 11) is 0. The number of carbonyl (C=O) groups is 1. The Kier molecular flexibility index (Phi) is 4.26. The minimum atomic E-state index is -0.295. The first-order valence-electron chi connectivity index (χ1n) is 7.88. The lowest BCUT2D eigenvalue weighted by Crippen LogP contribution is -2.39. The van der Waals surface area contributed by atoms with Crippen LogP contribution in [0.25, 0.3) is 11.6 Å². The van der Waals surface area contributed by atoms with Crippen molar-refractivity contribution in [2.45, 2.75) is 30.3 Å². The highest BCUT2D eigenvalue weighted by Gasteiger charge is 2.27. The maximum Gasteiger partial charge on any atom is 0.236 e. The summed E-state index contributed by atoms with van der Waals surface area (Å²) >= 11 is 3.07. The van der Waals surface area contributed by atoms with Crippen LogP contribution in [0, 0.1) is 0 Å². The van der Waals surface area contributed by atoms with E-state index in [2.05, 4.69) is 21.6 Å². The fourth-order valence-electron chi connectivity index (χ4n) is 2.83. The molecule has 1 amide bonds. The Morgan fingerprint density at radius 2 is 2.32 bits per heavy atom. The molecule has 130 valence electrons. The lowest BCUT2D eigenvalue weighted by atomic mass is 10.1. The molecule has 9 heteroatoms. The van der Waals surface area contributed by atoms with Gasteiger partial charge in [-0.1, -0.05) is 11.8 Å². The van der Waals surface area contributed by atoms with Crippen molar-refractivity contribution in [1.82, 2.24) is 19.8 Å². The van der Waals surface area contributed by atoms with Crippen LogP contribution in [0.15, 0.2) is 39.4 Å². The van der Waals surface area contributed by atoms with Crippen LogP contribution >= 0.6 is 23.1 Å². The third-order valence-electron chi connectivity index (χ3n) is 4.16. The molecule has 2 N–H and O–H groups in total. The Balaban J connectivity index is 1.45. The molecule has 0 saturated carbocycles. The van der Waals surface area contributed by atoms with Crippen molar-refractivity contribution in [3.8, 4) is 11.6 Å². The molecule has 0 bridgehead atoms. The molecule has 25 heavy (non-hydrogen) atoms. The molecule has 0 saturated heterocycles. The van der Waals surface area contributed by atoms with Crippen LogP contribution in [-0.2, 0) is 17.8 Å². The number of thiophene rings is 1. The van der Waals surface area contributed by atoms with Crippen molar-refractivity contribution in [1.29, 1.82) is 0 Å². The summed E-state index contributed by atoms with van der Waals surface area (Å²) < 4.78 is 6.66.